The molecule has 1 fully saturated rings. The van der Waals surface area contributed by atoms with Crippen molar-refractivity contribution in [3.05, 3.63) is 53.5 Å². The Morgan fingerprint density at radius 3 is 2.85 bits per heavy atom. The quantitative estimate of drug-likeness (QED) is 0.816. The Hall–Kier alpha value is -2.76. The number of benzene rings is 1. The van der Waals surface area contributed by atoms with Gasteiger partial charge in [0.2, 0.25) is 5.91 Å². The van der Waals surface area contributed by atoms with Crippen molar-refractivity contribution in [2.45, 2.75) is 50.6 Å². The number of hydrogen-bond acceptors (Lipinski definition) is 4. The van der Waals surface area contributed by atoms with Gasteiger partial charge in [0, 0.05) is 12.2 Å². The molecule has 2 unspecified atom stereocenters. The number of likely N-dealkylation sites (tertiary alicyclic amines) is 1. The number of carbonyl (C=O) groups excluding carboxylic acids is 2. The fourth-order valence-electron chi connectivity index (χ4n) is 4.24. The van der Waals surface area contributed by atoms with Crippen LogP contribution in [0.2, 0.25) is 0 Å². The minimum absolute atomic E-state index is 0.0238. The number of carbonyl (C=O) groups is 2. The molecule has 6 heteroatoms. The highest BCUT2D eigenvalue weighted by molar-refractivity contribution is 5.95. The van der Waals surface area contributed by atoms with Gasteiger partial charge in [-0.2, -0.15) is 0 Å². The maximum Gasteiger partial charge on any atom is 0.290 e. The summed E-state index contributed by atoms with van der Waals surface area (Å²) in [6, 6.07) is 8.77. The fourth-order valence-corrected chi connectivity index (χ4v) is 4.24. The van der Waals surface area contributed by atoms with Crippen LogP contribution in [0.25, 0.3) is 0 Å². The van der Waals surface area contributed by atoms with E-state index in [-0.39, 0.29) is 23.6 Å². The Labute approximate surface area is 158 Å². The highest BCUT2D eigenvalue weighted by Crippen LogP contribution is 2.31. The number of rotatable bonds is 3. The van der Waals surface area contributed by atoms with Crippen LogP contribution in [0.4, 0.5) is 5.69 Å². The third-order valence-corrected chi connectivity index (χ3v) is 5.60. The molecule has 2 heterocycles. The standard InChI is InChI=1S/C21H25N3O3/c22-15-9-10-16-14(13-15)5-3-6-17(16)23-20(25)18-7-1-2-11-24(18)21(26)19-8-4-12-27-19/h4,8-10,12-13,17-18H,1-3,5-7,11,22H2,(H,23,25). The van der Waals surface area contributed by atoms with Crippen LogP contribution in [0, 0.1) is 0 Å². The summed E-state index contributed by atoms with van der Waals surface area (Å²) in [5.41, 5.74) is 9.01. The van der Waals surface area contributed by atoms with Gasteiger partial charge in [0.15, 0.2) is 5.76 Å². The summed E-state index contributed by atoms with van der Waals surface area (Å²) >= 11 is 0. The lowest BCUT2D eigenvalue weighted by molar-refractivity contribution is -0.127. The van der Waals surface area contributed by atoms with Gasteiger partial charge in [0.25, 0.3) is 5.91 Å². The van der Waals surface area contributed by atoms with Gasteiger partial charge in [-0.1, -0.05) is 6.07 Å². The maximum atomic E-state index is 13.1. The molecule has 1 aromatic heterocycles. The molecule has 0 spiro atoms. The van der Waals surface area contributed by atoms with Crippen molar-refractivity contribution in [3.63, 3.8) is 0 Å². The van der Waals surface area contributed by atoms with Gasteiger partial charge >= 0.3 is 0 Å². The first kappa shape index (κ1) is 17.6. The molecular weight excluding hydrogens is 342 g/mol. The third kappa shape index (κ3) is 3.56. The number of anilines is 1. The topological polar surface area (TPSA) is 88.6 Å². The zero-order valence-corrected chi connectivity index (χ0v) is 15.3. The van der Waals surface area contributed by atoms with E-state index in [1.165, 1.54) is 11.8 Å². The first-order valence-corrected chi connectivity index (χ1v) is 9.66. The second kappa shape index (κ2) is 7.47. The molecule has 2 atom stereocenters. The Bertz CT molecular complexity index is 831. The van der Waals surface area contributed by atoms with Gasteiger partial charge in [-0.25, -0.2) is 0 Å². The monoisotopic (exact) mass is 367 g/mol. The van der Waals surface area contributed by atoms with Crippen LogP contribution < -0.4 is 11.1 Å². The molecular formula is C21H25N3O3. The van der Waals surface area contributed by atoms with E-state index in [1.807, 2.05) is 18.2 Å². The molecule has 2 aliphatic rings. The largest absolute Gasteiger partial charge is 0.459 e. The minimum atomic E-state index is -0.449. The molecule has 0 bridgehead atoms. The Morgan fingerprint density at radius 1 is 1.15 bits per heavy atom. The number of amides is 2. The lowest BCUT2D eigenvalue weighted by Crippen LogP contribution is -2.52. The van der Waals surface area contributed by atoms with Crippen molar-refractivity contribution in [3.8, 4) is 0 Å². The van der Waals surface area contributed by atoms with Gasteiger partial charge in [-0.3, -0.25) is 9.59 Å². The summed E-state index contributed by atoms with van der Waals surface area (Å²) in [6.07, 6.45) is 6.91. The van der Waals surface area contributed by atoms with E-state index in [2.05, 4.69) is 5.32 Å². The summed E-state index contributed by atoms with van der Waals surface area (Å²) in [5.74, 6) is -0.00543. The molecule has 4 rings (SSSR count). The highest BCUT2D eigenvalue weighted by atomic mass is 16.3. The highest BCUT2D eigenvalue weighted by Gasteiger charge is 2.35. The van der Waals surface area contributed by atoms with Crippen LogP contribution in [-0.2, 0) is 11.2 Å². The normalized spacial score (nSPS) is 22.1. The van der Waals surface area contributed by atoms with E-state index in [4.69, 9.17) is 10.2 Å². The van der Waals surface area contributed by atoms with Crippen molar-refractivity contribution in [2.24, 2.45) is 0 Å². The second-order valence-electron chi connectivity index (χ2n) is 7.40. The summed E-state index contributed by atoms with van der Waals surface area (Å²) in [5, 5.41) is 3.19. The van der Waals surface area contributed by atoms with E-state index in [0.29, 0.717) is 13.0 Å². The van der Waals surface area contributed by atoms with Gasteiger partial charge in [0.1, 0.15) is 6.04 Å². The fraction of sp³-hybridized carbons (Fsp3) is 0.429. The summed E-state index contributed by atoms with van der Waals surface area (Å²) < 4.78 is 5.25. The van der Waals surface area contributed by atoms with Gasteiger partial charge in [-0.05, 0) is 73.9 Å². The number of aryl methyl sites for hydroxylation is 1. The first-order chi connectivity index (χ1) is 13.1. The van der Waals surface area contributed by atoms with E-state index in [1.54, 1.807) is 17.0 Å². The third-order valence-electron chi connectivity index (χ3n) is 5.60. The SMILES string of the molecule is Nc1ccc2c(c1)CCCC2NC(=O)C1CCCCN1C(=O)c1ccco1. The molecule has 2 amide bonds. The van der Waals surface area contributed by atoms with Crippen molar-refractivity contribution in [2.75, 3.05) is 12.3 Å². The van der Waals surface area contributed by atoms with E-state index in [9.17, 15) is 9.59 Å². The van der Waals surface area contributed by atoms with Crippen molar-refractivity contribution < 1.29 is 14.0 Å². The first-order valence-electron chi connectivity index (χ1n) is 9.66. The summed E-state index contributed by atoms with van der Waals surface area (Å²) in [7, 11) is 0. The molecule has 2 aromatic rings. The van der Waals surface area contributed by atoms with Crippen molar-refractivity contribution in [1.29, 1.82) is 0 Å². The van der Waals surface area contributed by atoms with Crippen LogP contribution in [-0.4, -0.2) is 29.3 Å². The number of hydrogen-bond donors (Lipinski definition) is 2. The smallest absolute Gasteiger partial charge is 0.290 e. The Morgan fingerprint density at radius 2 is 2.04 bits per heavy atom. The Kier molecular flexibility index (Phi) is 4.88. The molecule has 6 nitrogen and oxygen atoms in total. The Balaban J connectivity index is 1.51. The number of nitrogen functional groups attached to an aromatic ring is 1. The predicted octanol–water partition coefficient (Wildman–Crippen LogP) is 3.05. The van der Waals surface area contributed by atoms with E-state index in [0.717, 1.165) is 43.4 Å². The zero-order valence-electron chi connectivity index (χ0n) is 15.3. The van der Waals surface area contributed by atoms with Gasteiger partial charge in [-0.15, -0.1) is 0 Å². The number of piperidine rings is 1. The van der Waals surface area contributed by atoms with Crippen LogP contribution >= 0.6 is 0 Å². The van der Waals surface area contributed by atoms with Gasteiger partial charge < -0.3 is 20.4 Å². The molecule has 0 saturated carbocycles. The molecule has 1 aliphatic carbocycles. The van der Waals surface area contributed by atoms with Crippen molar-refractivity contribution >= 4 is 17.5 Å². The van der Waals surface area contributed by atoms with Gasteiger partial charge in [0.05, 0.1) is 12.3 Å². The number of nitrogens with two attached hydrogens (primary N) is 1. The number of nitrogens with zero attached hydrogens (tertiary/aromatic N) is 1. The van der Waals surface area contributed by atoms with E-state index >= 15 is 0 Å². The molecule has 1 aromatic carbocycles. The molecule has 27 heavy (non-hydrogen) atoms. The summed E-state index contributed by atoms with van der Waals surface area (Å²) in [4.78, 5) is 27.5. The second-order valence-corrected chi connectivity index (χ2v) is 7.40. The van der Waals surface area contributed by atoms with Crippen LogP contribution in [0.15, 0.2) is 41.0 Å². The lowest BCUT2D eigenvalue weighted by atomic mass is 9.87. The lowest BCUT2D eigenvalue weighted by Gasteiger charge is -2.36. The number of furan rings is 1. The molecule has 1 saturated heterocycles. The van der Waals surface area contributed by atoms with Crippen LogP contribution in [0.1, 0.15) is 59.8 Å². The van der Waals surface area contributed by atoms with Crippen LogP contribution in [0.3, 0.4) is 0 Å². The summed E-state index contributed by atoms with van der Waals surface area (Å²) in [6.45, 7) is 0.579. The van der Waals surface area contributed by atoms with E-state index < -0.39 is 6.04 Å². The minimum Gasteiger partial charge on any atom is -0.459 e. The molecule has 3 N–H and O–H groups in total. The zero-order chi connectivity index (χ0) is 18.8. The van der Waals surface area contributed by atoms with Crippen LogP contribution in [0.5, 0.6) is 0 Å². The maximum absolute atomic E-state index is 13.1. The molecule has 142 valence electrons. The molecule has 1 aliphatic heterocycles. The molecule has 0 radical (unpaired) electrons. The predicted molar refractivity (Wildman–Crippen MR) is 102 cm³/mol. The number of fused-ring (bicyclic) bond motifs is 1. The number of nitrogens with one attached hydrogen (secondary N) is 1. The average Bonchev–Trinajstić information content (AvgIpc) is 3.22. The average molecular weight is 367 g/mol. The van der Waals surface area contributed by atoms with Crippen molar-refractivity contribution in [1.82, 2.24) is 10.2 Å².